The van der Waals surface area contributed by atoms with Crippen LogP contribution in [0.25, 0.3) is 0 Å². The van der Waals surface area contributed by atoms with E-state index in [1.807, 2.05) is 19.2 Å². The Balaban J connectivity index is 0.00000312. The first-order valence-corrected chi connectivity index (χ1v) is 8.81. The molecule has 0 bridgehead atoms. The van der Waals surface area contributed by atoms with E-state index >= 15 is 0 Å². The lowest BCUT2D eigenvalue weighted by molar-refractivity contribution is 0.115. The molecule has 0 amide bonds. The number of aliphatic imine (C=N–C) groups is 1. The van der Waals surface area contributed by atoms with Crippen LogP contribution >= 0.6 is 24.0 Å². The molecule has 0 heterocycles. The van der Waals surface area contributed by atoms with Gasteiger partial charge in [0.05, 0.1) is 13.2 Å². The third kappa shape index (κ3) is 8.76. The molecule has 0 spiro atoms. The minimum absolute atomic E-state index is 0. The first-order chi connectivity index (χ1) is 11.6. The second kappa shape index (κ2) is 11.6. The van der Waals surface area contributed by atoms with Crippen LogP contribution in [0.3, 0.4) is 0 Å². The first kappa shape index (κ1) is 22.0. The average Bonchev–Trinajstić information content (AvgIpc) is 3.36. The molecular weight excluding hydrogens is 429 g/mol. The van der Waals surface area contributed by atoms with Gasteiger partial charge in [0.1, 0.15) is 11.9 Å². The van der Waals surface area contributed by atoms with Crippen molar-refractivity contribution in [2.45, 2.75) is 32.8 Å². The summed E-state index contributed by atoms with van der Waals surface area (Å²) in [6, 6.07) is 8.12. The Morgan fingerprint density at radius 2 is 2.16 bits per heavy atom. The molecule has 0 aliphatic heterocycles. The summed E-state index contributed by atoms with van der Waals surface area (Å²) in [5.74, 6) is 2.58. The van der Waals surface area contributed by atoms with Crippen molar-refractivity contribution in [2.75, 3.05) is 40.4 Å². The number of benzene rings is 1. The standard InChI is InChI=1S/C19H31N3O2.HI/c1-15-6-5-7-18(12-15)24-16(2)13-21-19(20-3)22(4)10-11-23-14-17-8-9-17;/h5-7,12,16-17H,8-11,13-14H2,1-4H3,(H,20,21);1H. The van der Waals surface area contributed by atoms with Crippen molar-refractivity contribution in [2.24, 2.45) is 10.9 Å². The first-order valence-electron chi connectivity index (χ1n) is 8.81. The molecule has 1 aromatic carbocycles. The molecule has 1 saturated carbocycles. The van der Waals surface area contributed by atoms with Gasteiger partial charge in [0, 0.05) is 27.2 Å². The molecule has 0 saturated heterocycles. The number of halogens is 1. The smallest absolute Gasteiger partial charge is 0.193 e. The van der Waals surface area contributed by atoms with Gasteiger partial charge < -0.3 is 19.7 Å². The van der Waals surface area contributed by atoms with Gasteiger partial charge in [-0.05, 0) is 50.3 Å². The van der Waals surface area contributed by atoms with E-state index in [9.17, 15) is 0 Å². The number of hydrogen-bond acceptors (Lipinski definition) is 3. The van der Waals surface area contributed by atoms with Crippen molar-refractivity contribution < 1.29 is 9.47 Å². The van der Waals surface area contributed by atoms with Gasteiger partial charge in [-0.25, -0.2) is 0 Å². The summed E-state index contributed by atoms with van der Waals surface area (Å²) in [7, 11) is 3.83. The summed E-state index contributed by atoms with van der Waals surface area (Å²) >= 11 is 0. The number of likely N-dealkylation sites (N-methyl/N-ethyl adjacent to an activating group) is 1. The highest BCUT2D eigenvalue weighted by Crippen LogP contribution is 2.28. The van der Waals surface area contributed by atoms with Crippen LogP contribution in [-0.4, -0.2) is 57.4 Å². The number of nitrogens with zero attached hydrogens (tertiary/aromatic N) is 2. The molecule has 142 valence electrons. The lowest BCUT2D eigenvalue weighted by Gasteiger charge is -2.24. The fourth-order valence-electron chi connectivity index (χ4n) is 2.42. The molecule has 6 heteroatoms. The van der Waals surface area contributed by atoms with Gasteiger partial charge in [0.25, 0.3) is 0 Å². The minimum Gasteiger partial charge on any atom is -0.489 e. The third-order valence-corrected chi connectivity index (χ3v) is 4.07. The predicted octanol–water partition coefficient (Wildman–Crippen LogP) is 3.31. The Morgan fingerprint density at radius 3 is 2.80 bits per heavy atom. The molecule has 1 aliphatic carbocycles. The maximum atomic E-state index is 5.94. The molecule has 1 unspecified atom stereocenters. The molecule has 0 aromatic heterocycles. The number of aryl methyl sites for hydroxylation is 1. The number of hydrogen-bond donors (Lipinski definition) is 1. The molecule has 1 fully saturated rings. The minimum atomic E-state index is 0. The maximum absolute atomic E-state index is 5.94. The lowest BCUT2D eigenvalue weighted by Crippen LogP contribution is -2.44. The van der Waals surface area contributed by atoms with Crippen molar-refractivity contribution in [1.29, 1.82) is 0 Å². The van der Waals surface area contributed by atoms with E-state index < -0.39 is 0 Å². The largest absolute Gasteiger partial charge is 0.489 e. The highest BCUT2D eigenvalue weighted by Gasteiger charge is 2.21. The van der Waals surface area contributed by atoms with Gasteiger partial charge in [-0.1, -0.05) is 12.1 Å². The Hall–Kier alpha value is -1.02. The molecule has 5 nitrogen and oxygen atoms in total. The summed E-state index contributed by atoms with van der Waals surface area (Å²) in [5.41, 5.74) is 1.20. The van der Waals surface area contributed by atoms with E-state index in [1.54, 1.807) is 7.05 Å². The van der Waals surface area contributed by atoms with Crippen LogP contribution < -0.4 is 10.1 Å². The number of guanidine groups is 1. The fraction of sp³-hybridized carbons (Fsp3) is 0.632. The second-order valence-corrected chi connectivity index (χ2v) is 6.61. The predicted molar refractivity (Wildman–Crippen MR) is 114 cm³/mol. The Bertz CT molecular complexity index is 535. The summed E-state index contributed by atoms with van der Waals surface area (Å²) in [6.45, 7) is 7.30. The topological polar surface area (TPSA) is 46.1 Å². The summed E-state index contributed by atoms with van der Waals surface area (Å²) in [5, 5.41) is 3.36. The molecule has 2 rings (SSSR count). The molecule has 1 atom stereocenters. The lowest BCUT2D eigenvalue weighted by atomic mass is 10.2. The number of rotatable bonds is 9. The molecule has 25 heavy (non-hydrogen) atoms. The van der Waals surface area contributed by atoms with Crippen LogP contribution in [-0.2, 0) is 4.74 Å². The van der Waals surface area contributed by atoms with E-state index in [0.717, 1.165) is 37.4 Å². The zero-order valence-electron chi connectivity index (χ0n) is 15.8. The summed E-state index contributed by atoms with van der Waals surface area (Å²) < 4.78 is 11.6. The molecule has 1 aromatic rings. The van der Waals surface area contributed by atoms with Gasteiger partial charge in [0.15, 0.2) is 5.96 Å². The van der Waals surface area contributed by atoms with Crippen LogP contribution in [0.4, 0.5) is 0 Å². The molecular formula is C19H32IN3O2. The van der Waals surface area contributed by atoms with Crippen molar-refractivity contribution in [1.82, 2.24) is 10.2 Å². The van der Waals surface area contributed by atoms with Crippen molar-refractivity contribution in [3.63, 3.8) is 0 Å². The zero-order valence-corrected chi connectivity index (χ0v) is 18.2. The highest BCUT2D eigenvalue weighted by molar-refractivity contribution is 14.0. The van der Waals surface area contributed by atoms with E-state index in [1.165, 1.54) is 18.4 Å². The van der Waals surface area contributed by atoms with E-state index in [-0.39, 0.29) is 30.1 Å². The SMILES string of the molecule is CN=C(NCC(C)Oc1cccc(C)c1)N(C)CCOCC1CC1.I. The van der Waals surface area contributed by atoms with E-state index in [0.29, 0.717) is 6.54 Å². The van der Waals surface area contributed by atoms with Gasteiger partial charge in [-0.2, -0.15) is 0 Å². The normalized spacial score (nSPS) is 15.3. The highest BCUT2D eigenvalue weighted by atomic mass is 127. The van der Waals surface area contributed by atoms with Gasteiger partial charge >= 0.3 is 0 Å². The Morgan fingerprint density at radius 1 is 1.40 bits per heavy atom. The van der Waals surface area contributed by atoms with Crippen LogP contribution in [0.15, 0.2) is 29.3 Å². The number of nitrogens with one attached hydrogen (secondary N) is 1. The van der Waals surface area contributed by atoms with Crippen LogP contribution in [0, 0.1) is 12.8 Å². The maximum Gasteiger partial charge on any atom is 0.193 e. The second-order valence-electron chi connectivity index (χ2n) is 6.61. The molecule has 1 aliphatic rings. The Kier molecular flexibility index (Phi) is 10.2. The van der Waals surface area contributed by atoms with Gasteiger partial charge in [-0.3, -0.25) is 4.99 Å². The average molecular weight is 461 g/mol. The Labute approximate surface area is 169 Å². The van der Waals surface area contributed by atoms with E-state index in [2.05, 4.69) is 41.2 Å². The van der Waals surface area contributed by atoms with Gasteiger partial charge in [0.2, 0.25) is 0 Å². The van der Waals surface area contributed by atoms with Gasteiger partial charge in [-0.15, -0.1) is 24.0 Å². The van der Waals surface area contributed by atoms with Crippen LogP contribution in [0.1, 0.15) is 25.3 Å². The number of ether oxygens (including phenoxy) is 2. The van der Waals surface area contributed by atoms with Crippen molar-refractivity contribution >= 4 is 29.9 Å². The van der Waals surface area contributed by atoms with E-state index in [4.69, 9.17) is 9.47 Å². The monoisotopic (exact) mass is 461 g/mol. The molecule has 0 radical (unpaired) electrons. The van der Waals surface area contributed by atoms with Crippen molar-refractivity contribution in [3.05, 3.63) is 29.8 Å². The summed E-state index contributed by atoms with van der Waals surface area (Å²) in [4.78, 5) is 6.42. The van der Waals surface area contributed by atoms with Crippen molar-refractivity contribution in [3.8, 4) is 5.75 Å². The summed E-state index contributed by atoms with van der Waals surface area (Å²) in [6.07, 6.45) is 2.72. The van der Waals surface area contributed by atoms with Crippen LogP contribution in [0.2, 0.25) is 0 Å². The molecule has 1 N–H and O–H groups in total. The fourth-order valence-corrected chi connectivity index (χ4v) is 2.42. The zero-order chi connectivity index (χ0) is 17.4. The van der Waals surface area contributed by atoms with Crippen LogP contribution in [0.5, 0.6) is 5.75 Å². The third-order valence-electron chi connectivity index (χ3n) is 4.07. The quantitative estimate of drug-likeness (QED) is 0.265.